The fraction of sp³-hybridized carbons (Fsp3) is 0.615. The van der Waals surface area contributed by atoms with E-state index < -0.39 is 0 Å². The van der Waals surface area contributed by atoms with Crippen molar-refractivity contribution in [2.75, 3.05) is 6.61 Å². The molecular formula is C13H20N2O2. The van der Waals surface area contributed by atoms with Crippen LogP contribution in [0.3, 0.4) is 0 Å². The Morgan fingerprint density at radius 3 is 2.88 bits per heavy atom. The predicted octanol–water partition coefficient (Wildman–Crippen LogP) is 1.63. The van der Waals surface area contributed by atoms with Crippen molar-refractivity contribution >= 4 is 5.91 Å². The van der Waals surface area contributed by atoms with Crippen LogP contribution < -0.4 is 5.32 Å². The predicted molar refractivity (Wildman–Crippen MR) is 66.1 cm³/mol. The SMILES string of the molecule is Cc1ccc(C(=O)N[C@H](C)[C@H]2CCCO2)n1C. The average molecular weight is 236 g/mol. The van der Waals surface area contributed by atoms with E-state index in [-0.39, 0.29) is 18.1 Å². The first kappa shape index (κ1) is 12.2. The van der Waals surface area contributed by atoms with E-state index in [0.29, 0.717) is 5.69 Å². The summed E-state index contributed by atoms with van der Waals surface area (Å²) in [5.74, 6) is -0.0244. The van der Waals surface area contributed by atoms with Crippen molar-refractivity contribution in [3.8, 4) is 0 Å². The lowest BCUT2D eigenvalue weighted by molar-refractivity contribution is 0.0707. The van der Waals surface area contributed by atoms with E-state index in [9.17, 15) is 4.79 Å². The number of nitrogens with zero attached hydrogens (tertiary/aromatic N) is 1. The molecule has 4 heteroatoms. The van der Waals surface area contributed by atoms with Gasteiger partial charge in [0.2, 0.25) is 0 Å². The molecule has 0 spiro atoms. The molecule has 1 N–H and O–H groups in total. The summed E-state index contributed by atoms with van der Waals surface area (Å²) in [7, 11) is 1.90. The van der Waals surface area contributed by atoms with Crippen LogP contribution >= 0.6 is 0 Å². The fourth-order valence-electron chi connectivity index (χ4n) is 2.21. The van der Waals surface area contributed by atoms with Gasteiger partial charge in [0.15, 0.2) is 0 Å². The van der Waals surface area contributed by atoms with Crippen molar-refractivity contribution in [2.24, 2.45) is 7.05 Å². The molecule has 0 unspecified atom stereocenters. The second-order valence-corrected chi connectivity index (χ2v) is 4.73. The summed E-state index contributed by atoms with van der Waals surface area (Å²) < 4.78 is 7.47. The minimum Gasteiger partial charge on any atom is -0.376 e. The van der Waals surface area contributed by atoms with E-state index >= 15 is 0 Å². The molecule has 0 bridgehead atoms. The first-order valence-electron chi connectivity index (χ1n) is 6.14. The largest absolute Gasteiger partial charge is 0.376 e. The van der Waals surface area contributed by atoms with Gasteiger partial charge in [0, 0.05) is 19.3 Å². The molecule has 2 rings (SSSR count). The standard InChI is InChI=1S/C13H20N2O2/c1-9-6-7-11(15(9)3)13(16)14-10(2)12-5-4-8-17-12/h6-7,10,12H,4-5,8H2,1-3H3,(H,14,16)/t10-,12-/m1/s1. The van der Waals surface area contributed by atoms with Crippen molar-refractivity contribution in [1.29, 1.82) is 0 Å². The highest BCUT2D eigenvalue weighted by Gasteiger charge is 2.24. The van der Waals surface area contributed by atoms with Crippen LogP contribution in [0, 0.1) is 6.92 Å². The van der Waals surface area contributed by atoms with E-state index in [1.807, 2.05) is 37.6 Å². The number of nitrogens with one attached hydrogen (secondary N) is 1. The molecule has 0 aliphatic carbocycles. The molecule has 17 heavy (non-hydrogen) atoms. The highest BCUT2D eigenvalue weighted by Crippen LogP contribution is 2.16. The second-order valence-electron chi connectivity index (χ2n) is 4.73. The first-order chi connectivity index (χ1) is 8.09. The second kappa shape index (κ2) is 4.92. The molecule has 1 saturated heterocycles. The molecule has 1 aromatic heterocycles. The minimum atomic E-state index is -0.0244. The van der Waals surface area contributed by atoms with Gasteiger partial charge in [0.05, 0.1) is 12.1 Å². The van der Waals surface area contributed by atoms with E-state index in [4.69, 9.17) is 4.74 Å². The Hall–Kier alpha value is -1.29. The van der Waals surface area contributed by atoms with Crippen LogP contribution in [0.25, 0.3) is 0 Å². The molecule has 0 radical (unpaired) electrons. The first-order valence-corrected chi connectivity index (χ1v) is 6.14. The smallest absolute Gasteiger partial charge is 0.268 e. The molecule has 1 aromatic rings. The Morgan fingerprint density at radius 2 is 2.35 bits per heavy atom. The number of aryl methyl sites for hydroxylation is 1. The van der Waals surface area contributed by atoms with Gasteiger partial charge < -0.3 is 14.6 Å². The number of amides is 1. The van der Waals surface area contributed by atoms with Crippen molar-refractivity contribution in [1.82, 2.24) is 9.88 Å². The summed E-state index contributed by atoms with van der Waals surface area (Å²) in [6, 6.07) is 3.87. The molecule has 0 aromatic carbocycles. The molecule has 2 atom stereocenters. The third kappa shape index (κ3) is 2.52. The zero-order valence-corrected chi connectivity index (χ0v) is 10.7. The van der Waals surface area contributed by atoms with Crippen LogP contribution in [0.2, 0.25) is 0 Å². The molecule has 1 amide bonds. The maximum atomic E-state index is 12.1. The van der Waals surface area contributed by atoms with Gasteiger partial charge in [-0.25, -0.2) is 0 Å². The highest BCUT2D eigenvalue weighted by molar-refractivity contribution is 5.93. The Morgan fingerprint density at radius 1 is 1.59 bits per heavy atom. The van der Waals surface area contributed by atoms with Crippen LogP contribution in [0.1, 0.15) is 35.9 Å². The van der Waals surface area contributed by atoms with Crippen LogP contribution in [0.15, 0.2) is 12.1 Å². The Kier molecular flexibility index (Phi) is 3.52. The van der Waals surface area contributed by atoms with Gasteiger partial charge in [-0.1, -0.05) is 0 Å². The maximum Gasteiger partial charge on any atom is 0.268 e. The van der Waals surface area contributed by atoms with Gasteiger partial charge in [-0.3, -0.25) is 4.79 Å². The lowest BCUT2D eigenvalue weighted by Crippen LogP contribution is -2.41. The third-order valence-corrected chi connectivity index (χ3v) is 3.49. The quantitative estimate of drug-likeness (QED) is 0.867. The molecule has 1 fully saturated rings. The monoisotopic (exact) mass is 236 g/mol. The zero-order chi connectivity index (χ0) is 12.4. The van der Waals surface area contributed by atoms with Crippen LogP contribution in [-0.4, -0.2) is 29.2 Å². The summed E-state index contributed by atoms with van der Waals surface area (Å²) >= 11 is 0. The Balaban J connectivity index is 1.99. The van der Waals surface area contributed by atoms with E-state index in [2.05, 4.69) is 5.32 Å². The molecule has 1 aliphatic heterocycles. The van der Waals surface area contributed by atoms with Gasteiger partial charge in [0.25, 0.3) is 5.91 Å². The molecule has 2 heterocycles. The molecule has 4 nitrogen and oxygen atoms in total. The Bertz CT molecular complexity index is 406. The number of carbonyl (C=O) groups excluding carboxylic acids is 1. The van der Waals surface area contributed by atoms with Crippen LogP contribution in [0.4, 0.5) is 0 Å². The lowest BCUT2D eigenvalue weighted by atomic mass is 10.1. The lowest BCUT2D eigenvalue weighted by Gasteiger charge is -2.20. The number of carbonyl (C=O) groups is 1. The molecule has 0 saturated carbocycles. The van der Waals surface area contributed by atoms with E-state index in [1.54, 1.807) is 0 Å². The van der Waals surface area contributed by atoms with Crippen molar-refractivity contribution < 1.29 is 9.53 Å². The third-order valence-electron chi connectivity index (χ3n) is 3.49. The topological polar surface area (TPSA) is 43.3 Å². The van der Waals surface area contributed by atoms with Crippen molar-refractivity contribution in [3.05, 3.63) is 23.5 Å². The van der Waals surface area contributed by atoms with Gasteiger partial charge in [-0.15, -0.1) is 0 Å². The normalized spacial score (nSPS) is 21.5. The molecule has 94 valence electrons. The summed E-state index contributed by atoms with van der Waals surface area (Å²) in [5.41, 5.74) is 1.78. The van der Waals surface area contributed by atoms with Crippen LogP contribution in [0.5, 0.6) is 0 Å². The van der Waals surface area contributed by atoms with Crippen LogP contribution in [-0.2, 0) is 11.8 Å². The number of aromatic nitrogens is 1. The minimum absolute atomic E-state index is 0.0244. The average Bonchev–Trinajstić information content (AvgIpc) is 2.90. The van der Waals surface area contributed by atoms with Gasteiger partial charge in [-0.05, 0) is 38.8 Å². The molecule has 1 aliphatic rings. The Labute approximate surface area is 102 Å². The fourth-order valence-corrected chi connectivity index (χ4v) is 2.21. The van der Waals surface area contributed by atoms with Gasteiger partial charge in [0.1, 0.15) is 5.69 Å². The molecular weight excluding hydrogens is 216 g/mol. The summed E-state index contributed by atoms with van der Waals surface area (Å²) in [5, 5.41) is 3.01. The maximum absolute atomic E-state index is 12.1. The number of ether oxygens (including phenoxy) is 1. The van der Waals surface area contributed by atoms with E-state index in [1.165, 1.54) is 0 Å². The zero-order valence-electron chi connectivity index (χ0n) is 10.7. The number of hydrogen-bond donors (Lipinski definition) is 1. The summed E-state index contributed by atoms with van der Waals surface area (Å²) in [6.45, 7) is 4.80. The summed E-state index contributed by atoms with van der Waals surface area (Å²) in [4.78, 5) is 12.1. The number of hydrogen-bond acceptors (Lipinski definition) is 2. The number of rotatable bonds is 3. The summed E-state index contributed by atoms with van der Waals surface area (Å²) in [6.07, 6.45) is 2.29. The van der Waals surface area contributed by atoms with Gasteiger partial charge >= 0.3 is 0 Å². The highest BCUT2D eigenvalue weighted by atomic mass is 16.5. The van der Waals surface area contributed by atoms with E-state index in [0.717, 1.165) is 25.1 Å². The van der Waals surface area contributed by atoms with Crippen molar-refractivity contribution in [3.63, 3.8) is 0 Å². The van der Waals surface area contributed by atoms with Gasteiger partial charge in [-0.2, -0.15) is 0 Å². The van der Waals surface area contributed by atoms with Crippen molar-refractivity contribution in [2.45, 2.75) is 38.8 Å².